The summed E-state index contributed by atoms with van der Waals surface area (Å²) < 4.78 is 4.96. The molecule has 0 aliphatic carbocycles. The van der Waals surface area contributed by atoms with Crippen molar-refractivity contribution < 1.29 is 4.52 Å². The molecular weight excluding hydrogens is 230 g/mol. The molecule has 0 bridgehead atoms. The SMILES string of the molecule is Cc1noc(CCNc2cncc(Cl)n2)n1. The maximum Gasteiger partial charge on any atom is 0.228 e. The molecule has 0 radical (unpaired) electrons. The van der Waals surface area contributed by atoms with E-state index in [1.54, 1.807) is 13.1 Å². The van der Waals surface area contributed by atoms with Crippen LogP contribution in [0.25, 0.3) is 0 Å². The zero-order valence-corrected chi connectivity index (χ0v) is 9.40. The van der Waals surface area contributed by atoms with Crippen LogP contribution in [0.15, 0.2) is 16.9 Å². The van der Waals surface area contributed by atoms with Crippen LogP contribution in [-0.4, -0.2) is 26.7 Å². The Morgan fingerprint density at radius 1 is 1.38 bits per heavy atom. The van der Waals surface area contributed by atoms with Crippen molar-refractivity contribution in [1.82, 2.24) is 20.1 Å². The molecule has 0 saturated carbocycles. The van der Waals surface area contributed by atoms with Crippen molar-refractivity contribution in [2.24, 2.45) is 0 Å². The Morgan fingerprint density at radius 3 is 2.94 bits per heavy atom. The molecule has 84 valence electrons. The quantitative estimate of drug-likeness (QED) is 0.871. The van der Waals surface area contributed by atoms with Crippen molar-refractivity contribution in [2.45, 2.75) is 13.3 Å². The van der Waals surface area contributed by atoms with Gasteiger partial charge in [0, 0.05) is 13.0 Å². The number of hydrogen-bond donors (Lipinski definition) is 1. The van der Waals surface area contributed by atoms with Gasteiger partial charge in [0.05, 0.1) is 12.4 Å². The van der Waals surface area contributed by atoms with Crippen LogP contribution in [0.5, 0.6) is 0 Å². The minimum atomic E-state index is 0.360. The average Bonchev–Trinajstić information content (AvgIpc) is 2.64. The highest BCUT2D eigenvalue weighted by molar-refractivity contribution is 6.29. The Labute approximate surface area is 97.1 Å². The Morgan fingerprint density at radius 2 is 2.25 bits per heavy atom. The van der Waals surface area contributed by atoms with Gasteiger partial charge in [0.15, 0.2) is 5.82 Å². The number of anilines is 1. The summed E-state index contributed by atoms with van der Waals surface area (Å²) >= 11 is 5.69. The van der Waals surface area contributed by atoms with Gasteiger partial charge >= 0.3 is 0 Å². The predicted octanol–water partition coefficient (Wildman–Crippen LogP) is 1.48. The summed E-state index contributed by atoms with van der Waals surface area (Å²) in [6.45, 7) is 2.42. The van der Waals surface area contributed by atoms with E-state index in [-0.39, 0.29) is 0 Å². The number of aromatic nitrogens is 4. The zero-order valence-electron chi connectivity index (χ0n) is 8.64. The van der Waals surface area contributed by atoms with Gasteiger partial charge in [-0.05, 0) is 6.92 Å². The van der Waals surface area contributed by atoms with Gasteiger partial charge in [0.1, 0.15) is 11.0 Å². The fourth-order valence-electron chi connectivity index (χ4n) is 1.17. The van der Waals surface area contributed by atoms with Gasteiger partial charge in [-0.2, -0.15) is 4.98 Å². The molecule has 2 aromatic rings. The standard InChI is InChI=1S/C9H10ClN5O/c1-6-13-9(16-15-6)2-3-12-8-5-11-4-7(10)14-8/h4-5H,2-3H2,1H3,(H,12,14). The van der Waals surface area contributed by atoms with E-state index in [0.717, 1.165) is 0 Å². The zero-order chi connectivity index (χ0) is 11.4. The highest BCUT2D eigenvalue weighted by Gasteiger charge is 2.02. The molecule has 1 N–H and O–H groups in total. The Kier molecular flexibility index (Phi) is 3.31. The van der Waals surface area contributed by atoms with E-state index in [1.165, 1.54) is 6.20 Å². The van der Waals surface area contributed by atoms with E-state index in [9.17, 15) is 0 Å². The molecular formula is C9H10ClN5O. The van der Waals surface area contributed by atoms with Gasteiger partial charge < -0.3 is 9.84 Å². The molecule has 0 aromatic carbocycles. The minimum absolute atomic E-state index is 0.360. The number of rotatable bonds is 4. The van der Waals surface area contributed by atoms with Crippen LogP contribution in [-0.2, 0) is 6.42 Å². The molecule has 2 rings (SSSR count). The lowest BCUT2D eigenvalue weighted by Crippen LogP contribution is -2.06. The summed E-state index contributed by atoms with van der Waals surface area (Å²) in [5.74, 6) is 1.86. The number of nitrogens with one attached hydrogen (secondary N) is 1. The first kappa shape index (κ1) is 10.8. The highest BCUT2D eigenvalue weighted by atomic mass is 35.5. The molecule has 2 heterocycles. The van der Waals surface area contributed by atoms with Crippen molar-refractivity contribution >= 4 is 17.4 Å². The van der Waals surface area contributed by atoms with Crippen molar-refractivity contribution in [3.8, 4) is 0 Å². The first-order valence-corrected chi connectivity index (χ1v) is 5.12. The molecule has 16 heavy (non-hydrogen) atoms. The Bertz CT molecular complexity index is 472. The van der Waals surface area contributed by atoms with E-state index >= 15 is 0 Å². The highest BCUT2D eigenvalue weighted by Crippen LogP contribution is 2.06. The van der Waals surface area contributed by atoms with E-state index in [2.05, 4.69) is 25.4 Å². The lowest BCUT2D eigenvalue weighted by Gasteiger charge is -2.02. The van der Waals surface area contributed by atoms with Gasteiger partial charge in [-0.25, -0.2) is 4.98 Å². The lowest BCUT2D eigenvalue weighted by atomic mass is 10.4. The van der Waals surface area contributed by atoms with Crippen LogP contribution in [0, 0.1) is 6.92 Å². The van der Waals surface area contributed by atoms with Crippen molar-refractivity contribution in [2.75, 3.05) is 11.9 Å². The third-order valence-electron chi connectivity index (χ3n) is 1.82. The maximum atomic E-state index is 5.69. The van der Waals surface area contributed by atoms with Gasteiger partial charge in [0.25, 0.3) is 0 Å². The average molecular weight is 240 g/mol. The van der Waals surface area contributed by atoms with Crippen molar-refractivity contribution in [3.63, 3.8) is 0 Å². The minimum Gasteiger partial charge on any atom is -0.368 e. The predicted molar refractivity (Wildman–Crippen MR) is 58.3 cm³/mol. The van der Waals surface area contributed by atoms with Crippen molar-refractivity contribution in [3.05, 3.63) is 29.3 Å². The topological polar surface area (TPSA) is 76.7 Å². The largest absolute Gasteiger partial charge is 0.368 e. The Balaban J connectivity index is 1.84. The second-order valence-corrected chi connectivity index (χ2v) is 3.53. The van der Waals surface area contributed by atoms with Crippen LogP contribution in [0.2, 0.25) is 5.15 Å². The summed E-state index contributed by atoms with van der Waals surface area (Å²) in [7, 11) is 0. The molecule has 0 aliphatic heterocycles. The third kappa shape index (κ3) is 2.90. The molecule has 0 spiro atoms. The molecule has 0 aliphatic rings. The second-order valence-electron chi connectivity index (χ2n) is 3.14. The third-order valence-corrected chi connectivity index (χ3v) is 2.00. The van der Waals surface area contributed by atoms with E-state index in [0.29, 0.717) is 35.7 Å². The summed E-state index contributed by atoms with van der Waals surface area (Å²) in [4.78, 5) is 12.0. The van der Waals surface area contributed by atoms with Gasteiger partial charge in [0.2, 0.25) is 5.89 Å². The van der Waals surface area contributed by atoms with E-state index < -0.39 is 0 Å². The van der Waals surface area contributed by atoms with Crippen molar-refractivity contribution in [1.29, 1.82) is 0 Å². The molecule has 2 aromatic heterocycles. The molecule has 0 amide bonds. The fraction of sp³-hybridized carbons (Fsp3) is 0.333. The second kappa shape index (κ2) is 4.89. The molecule has 0 fully saturated rings. The first-order chi connectivity index (χ1) is 7.74. The molecule has 0 unspecified atom stereocenters. The summed E-state index contributed by atoms with van der Waals surface area (Å²) in [5, 5.41) is 7.11. The first-order valence-electron chi connectivity index (χ1n) is 4.74. The molecule has 0 atom stereocenters. The normalized spacial score (nSPS) is 10.4. The maximum absolute atomic E-state index is 5.69. The van der Waals surface area contributed by atoms with E-state index in [4.69, 9.17) is 16.1 Å². The smallest absolute Gasteiger partial charge is 0.228 e. The number of aryl methyl sites for hydroxylation is 1. The summed E-state index contributed by atoms with van der Waals surface area (Å²) in [5.41, 5.74) is 0. The lowest BCUT2D eigenvalue weighted by molar-refractivity contribution is 0.377. The van der Waals surface area contributed by atoms with Gasteiger partial charge in [-0.1, -0.05) is 16.8 Å². The van der Waals surface area contributed by atoms with Gasteiger partial charge in [-0.3, -0.25) is 4.98 Å². The monoisotopic (exact) mass is 239 g/mol. The summed E-state index contributed by atoms with van der Waals surface area (Å²) in [6, 6.07) is 0. The number of nitrogens with zero attached hydrogens (tertiary/aromatic N) is 4. The molecule has 6 nitrogen and oxygen atoms in total. The molecule has 0 saturated heterocycles. The Hall–Kier alpha value is -1.69. The van der Waals surface area contributed by atoms with Crippen LogP contribution in [0.4, 0.5) is 5.82 Å². The van der Waals surface area contributed by atoms with E-state index in [1.807, 2.05) is 0 Å². The van der Waals surface area contributed by atoms with Crippen LogP contribution >= 0.6 is 11.6 Å². The fourth-order valence-corrected chi connectivity index (χ4v) is 1.31. The number of hydrogen-bond acceptors (Lipinski definition) is 6. The molecule has 7 heteroatoms. The van der Waals surface area contributed by atoms with Crippen LogP contribution in [0.1, 0.15) is 11.7 Å². The number of halogens is 1. The van der Waals surface area contributed by atoms with Crippen LogP contribution < -0.4 is 5.32 Å². The summed E-state index contributed by atoms with van der Waals surface area (Å²) in [6.07, 6.45) is 3.72. The van der Waals surface area contributed by atoms with Gasteiger partial charge in [-0.15, -0.1) is 0 Å². The van der Waals surface area contributed by atoms with Crippen LogP contribution in [0.3, 0.4) is 0 Å².